The smallest absolute Gasteiger partial charge is 0.135 e. The van der Waals surface area contributed by atoms with Gasteiger partial charge in [-0.1, -0.05) is 213 Å². The fourth-order valence-electron chi connectivity index (χ4n) is 11.0. The SMILES string of the molecule is [2H]c1c([2H])c(-c2c([2H])c([2H])c(-c3cccc(-c4c([2H])c([2H])c5c(c4[2H])C(C)(C)CCC5(C)C)c3N3[CH-]N(c4[c-]c(Oc5[c-]c6c(cc5)c5c([2H])c([2H])c([2H])c([2H])c5n6-c5cc(C([2H])([2H])C(C)C)c(-c6ccccc6)cn5)ccc4)c4ccccc43)c([2H])c2[2H])c([2H])c(C(C)(C)C)c1[2H].[Pt]. The van der Waals surface area contributed by atoms with Crippen molar-refractivity contribution in [2.45, 2.75) is 97.8 Å². The van der Waals surface area contributed by atoms with E-state index in [2.05, 4.69) is 12.1 Å². The normalized spacial score (nSPS) is 17.6. The van der Waals surface area contributed by atoms with Crippen molar-refractivity contribution in [2.75, 3.05) is 9.80 Å². The molecule has 0 radical (unpaired) electrons. The Morgan fingerprint density at radius 3 is 2.05 bits per heavy atom. The zero-order valence-corrected chi connectivity index (χ0v) is 49.3. The maximum atomic E-state index is 10.3. The van der Waals surface area contributed by atoms with E-state index in [1.807, 2.05) is 87.2 Å². The van der Waals surface area contributed by atoms with Crippen LogP contribution in [0.1, 0.15) is 121 Å². The average molecular weight is 1270 g/mol. The zero-order chi connectivity index (χ0) is 70.6. The van der Waals surface area contributed by atoms with Crippen LogP contribution in [0.3, 0.4) is 0 Å². The summed E-state index contributed by atoms with van der Waals surface area (Å²) in [6.45, 7) is 18.7. The fraction of sp³-hybridized carbons (Fsp3) is 0.211. The van der Waals surface area contributed by atoms with E-state index in [1.54, 1.807) is 112 Å². The number of ether oxygens (including phenoxy) is 1. The van der Waals surface area contributed by atoms with Gasteiger partial charge in [-0.15, -0.1) is 48.1 Å². The van der Waals surface area contributed by atoms with Crippen LogP contribution in [-0.2, 0) is 43.7 Å². The van der Waals surface area contributed by atoms with Gasteiger partial charge >= 0.3 is 0 Å². The van der Waals surface area contributed by atoms with Crippen molar-refractivity contribution >= 4 is 44.6 Å². The first-order valence-electron chi connectivity index (χ1n) is 35.9. The first-order chi connectivity index (χ1) is 46.1. The Balaban J connectivity index is 0.00000931. The summed E-state index contributed by atoms with van der Waals surface area (Å²) in [5.74, 6) is 0.0526. The number of benzene rings is 9. The molecule has 412 valence electrons. The summed E-state index contributed by atoms with van der Waals surface area (Å²) < 4.78 is 168. The van der Waals surface area contributed by atoms with E-state index in [-0.39, 0.29) is 142 Å². The number of fused-ring (bicyclic) bond motifs is 5. The minimum absolute atomic E-state index is 0. The van der Waals surface area contributed by atoms with E-state index in [0.717, 1.165) is 12.0 Å². The van der Waals surface area contributed by atoms with E-state index >= 15 is 0 Å². The molecule has 6 heteroatoms. The first-order valence-corrected chi connectivity index (χ1v) is 27.4. The third kappa shape index (κ3) is 10.1. The van der Waals surface area contributed by atoms with Crippen LogP contribution in [-0.4, -0.2) is 9.55 Å². The van der Waals surface area contributed by atoms with Crippen LogP contribution in [0.4, 0.5) is 22.7 Å². The molecule has 1 aliphatic carbocycles. The fourth-order valence-corrected chi connectivity index (χ4v) is 11.0. The molecule has 0 saturated heterocycles. The van der Waals surface area contributed by atoms with Crippen LogP contribution < -0.4 is 14.5 Å². The van der Waals surface area contributed by atoms with Gasteiger partial charge in [0.1, 0.15) is 5.82 Å². The molecule has 13 rings (SSSR count). The van der Waals surface area contributed by atoms with Crippen LogP contribution in [0, 0.1) is 24.7 Å². The van der Waals surface area contributed by atoms with E-state index in [0.29, 0.717) is 51.1 Å². The summed E-state index contributed by atoms with van der Waals surface area (Å²) in [6, 6.07) is 32.9. The second-order valence-corrected chi connectivity index (χ2v) is 23.5. The van der Waals surface area contributed by atoms with E-state index < -0.39 is 76.9 Å². The topological polar surface area (TPSA) is 33.5 Å². The van der Waals surface area contributed by atoms with Crippen molar-refractivity contribution < 1.29 is 49.1 Å². The Morgan fingerprint density at radius 1 is 0.622 bits per heavy atom. The van der Waals surface area contributed by atoms with Crippen molar-refractivity contribution in [1.82, 2.24) is 9.55 Å². The molecule has 5 nitrogen and oxygen atoms in total. The standard InChI is InChI=1S/C76H69N4O.Pt/c1-50(2)42-56-45-72(77-48-65(56)52-20-11-10-12-21-52)80-68-29-14-13-26-63(68)64-38-37-60(47-71(64)80)81-59-25-18-24-58(46-59)78-49-79(70-31-16-15-30-69(70)78)73-61(53-34-32-51(33-35-53)54-22-17-23-57(43-54)74(3,4)5)27-19-28-62(73)55-36-39-66-67(44-55)76(8,9)41-40-75(66,6)7;/h10-39,43-45,48-50H,40-42H2,1-9H3;/q-3;/i13D,14D,17D,22D,23D,26D,29D,32D,33D,34D,35D,36D,39D,42D2,43D,44D;. The molecule has 0 spiro atoms. The summed E-state index contributed by atoms with van der Waals surface area (Å²) >= 11 is 0. The predicted molar refractivity (Wildman–Crippen MR) is 338 cm³/mol. The Labute approximate surface area is 523 Å². The molecular formula is C76H69N4OPt-3. The molecule has 3 heterocycles. The Bertz CT molecular complexity index is 5170. The van der Waals surface area contributed by atoms with Gasteiger partial charge in [0.25, 0.3) is 0 Å². The minimum atomic E-state index is -1.89. The summed E-state index contributed by atoms with van der Waals surface area (Å²) in [5.41, 5.74) is 2.81. The molecule has 0 fully saturated rings. The summed E-state index contributed by atoms with van der Waals surface area (Å²) in [7, 11) is 0. The number of hydrogen-bond acceptors (Lipinski definition) is 4. The molecule has 1 aliphatic heterocycles. The molecule has 9 aromatic carbocycles. The molecule has 0 saturated carbocycles. The van der Waals surface area contributed by atoms with Crippen LogP contribution in [0.2, 0.25) is 0 Å². The number of hydrogen-bond donors (Lipinski definition) is 0. The van der Waals surface area contributed by atoms with E-state index in [1.165, 1.54) is 0 Å². The van der Waals surface area contributed by atoms with Gasteiger partial charge in [0.2, 0.25) is 0 Å². The van der Waals surface area contributed by atoms with Gasteiger partial charge in [0.15, 0.2) is 0 Å². The van der Waals surface area contributed by atoms with Crippen LogP contribution >= 0.6 is 0 Å². The Hall–Kier alpha value is -7.98. The molecule has 0 bridgehead atoms. The summed E-state index contributed by atoms with van der Waals surface area (Å²) in [4.78, 5) is 8.51. The van der Waals surface area contributed by atoms with Crippen LogP contribution in [0.5, 0.6) is 11.5 Å². The Morgan fingerprint density at radius 2 is 1.29 bits per heavy atom. The molecule has 0 N–H and O–H groups in total. The summed E-state index contributed by atoms with van der Waals surface area (Å²) in [6.07, 6.45) is 1.12. The number of aromatic nitrogens is 2. The molecule has 2 aromatic heterocycles. The number of nitrogens with zero attached hydrogens (tertiary/aromatic N) is 4. The number of pyridine rings is 1. The van der Waals surface area contributed by atoms with Gasteiger partial charge in [-0.3, -0.25) is 0 Å². The van der Waals surface area contributed by atoms with Gasteiger partial charge < -0.3 is 19.1 Å². The van der Waals surface area contributed by atoms with Crippen molar-refractivity contribution in [3.8, 4) is 61.8 Å². The molecule has 0 amide bonds. The second kappa shape index (κ2) is 21.4. The number of anilines is 4. The molecular weight excluding hydrogens is 1180 g/mol. The van der Waals surface area contributed by atoms with Crippen molar-refractivity contribution in [3.05, 3.63) is 247 Å². The van der Waals surface area contributed by atoms with Crippen molar-refractivity contribution in [1.29, 1.82) is 0 Å². The monoisotopic (exact) mass is 1270 g/mol. The quantitative estimate of drug-likeness (QED) is 0.121. The maximum absolute atomic E-state index is 10.3. The largest absolute Gasteiger partial charge is 0.509 e. The van der Waals surface area contributed by atoms with Gasteiger partial charge in [0.05, 0.1) is 20.6 Å². The average Bonchev–Trinajstić information content (AvgIpc) is 1.71. The first kappa shape index (κ1) is 37.9. The Kier molecular flexibility index (Phi) is 9.90. The maximum Gasteiger partial charge on any atom is 0.135 e. The molecule has 0 atom stereocenters. The van der Waals surface area contributed by atoms with Crippen molar-refractivity contribution in [3.63, 3.8) is 0 Å². The summed E-state index contributed by atoms with van der Waals surface area (Å²) in [5, 5.41) is 0.610. The zero-order valence-electron chi connectivity index (χ0n) is 64.1. The number of para-hydroxylation sites is 4. The number of rotatable bonds is 11. The predicted octanol–water partition coefficient (Wildman–Crippen LogP) is 20.5. The van der Waals surface area contributed by atoms with E-state index in [9.17, 15) is 16.4 Å². The van der Waals surface area contributed by atoms with Crippen LogP contribution in [0.15, 0.2) is 206 Å². The minimum Gasteiger partial charge on any atom is -0.509 e. The van der Waals surface area contributed by atoms with Gasteiger partial charge in [-0.05, 0) is 121 Å². The van der Waals surface area contributed by atoms with Gasteiger partial charge in [0, 0.05) is 80.8 Å². The van der Waals surface area contributed by atoms with Gasteiger partial charge in [-0.25, -0.2) is 4.98 Å². The van der Waals surface area contributed by atoms with Crippen molar-refractivity contribution in [2.24, 2.45) is 5.92 Å². The molecule has 82 heavy (non-hydrogen) atoms. The molecule has 2 aliphatic rings. The molecule has 11 aromatic rings. The third-order valence-corrected chi connectivity index (χ3v) is 15.4. The van der Waals surface area contributed by atoms with Crippen LogP contribution in [0.25, 0.3) is 72.1 Å². The van der Waals surface area contributed by atoms with E-state index in [4.69, 9.17) is 16.6 Å². The molecule has 0 unspecified atom stereocenters. The third-order valence-electron chi connectivity index (χ3n) is 15.4. The second-order valence-electron chi connectivity index (χ2n) is 23.5. The van der Waals surface area contributed by atoms with Gasteiger partial charge in [-0.2, -0.15) is 12.1 Å².